The van der Waals surface area contributed by atoms with Crippen molar-refractivity contribution in [3.8, 4) is 0 Å². The molecule has 3 rings (SSSR count). The normalized spacial score (nSPS) is 11.6. The number of para-hydroxylation sites is 1. The third-order valence-corrected chi connectivity index (χ3v) is 3.87. The maximum Gasteiger partial charge on any atom is 0.212 e. The number of benzene rings is 2. The number of aromatic nitrogens is 1. The number of nitrogens with zero attached hydrogens (tertiary/aromatic N) is 2. The largest absolute Gasteiger partial charge is 0.301 e. The number of hydrazine groups is 1. The van der Waals surface area contributed by atoms with Crippen molar-refractivity contribution >= 4 is 32.6 Å². The molecular weight excluding hydrogens is 282 g/mol. The van der Waals surface area contributed by atoms with Crippen molar-refractivity contribution in [2.75, 3.05) is 5.32 Å². The van der Waals surface area contributed by atoms with E-state index in [-0.39, 0.29) is 0 Å². The zero-order valence-electron chi connectivity index (χ0n) is 11.3. The van der Waals surface area contributed by atoms with Crippen LogP contribution in [0.5, 0.6) is 0 Å². The smallest absolute Gasteiger partial charge is 0.212 e. The second-order valence-corrected chi connectivity index (χ2v) is 5.44. The van der Waals surface area contributed by atoms with Crippen LogP contribution in [-0.4, -0.2) is 10.9 Å². The Morgan fingerprint density at radius 3 is 2.62 bits per heavy atom. The highest BCUT2D eigenvalue weighted by Gasteiger charge is 2.05. The number of nitrogens with one attached hydrogen (secondary N) is 2. The molecule has 0 aliphatic carbocycles. The van der Waals surface area contributed by atoms with Crippen molar-refractivity contribution in [3.05, 3.63) is 60.2 Å². The van der Waals surface area contributed by atoms with E-state index in [0.717, 1.165) is 20.9 Å². The molecule has 2 aromatic carbocycles. The second kappa shape index (κ2) is 6.34. The molecule has 0 saturated carbocycles. The first-order valence-corrected chi connectivity index (χ1v) is 7.34. The average molecular weight is 297 g/mol. The molecule has 1 heterocycles. The van der Waals surface area contributed by atoms with E-state index in [1.807, 2.05) is 54.6 Å². The van der Waals surface area contributed by atoms with Crippen molar-refractivity contribution in [3.63, 3.8) is 0 Å². The molecule has 3 aromatic rings. The number of nitrogens with two attached hydrogens (primary N) is 1. The standard InChI is InChI=1S/C15H15N5S/c16-20-14(17-10-11-6-2-1-3-7-11)19-15-18-12-8-4-5-9-13(12)21-15/h1-9H,10,16H2,(H2,17,18,19,20). The number of rotatable bonds is 3. The lowest BCUT2D eigenvalue weighted by atomic mass is 10.2. The minimum atomic E-state index is 0.498. The Bertz CT molecular complexity index is 718. The van der Waals surface area contributed by atoms with E-state index < -0.39 is 0 Å². The van der Waals surface area contributed by atoms with Crippen molar-refractivity contribution < 1.29 is 0 Å². The highest BCUT2D eigenvalue weighted by atomic mass is 32.1. The van der Waals surface area contributed by atoms with E-state index in [1.54, 1.807) is 11.3 Å². The van der Waals surface area contributed by atoms with Crippen LogP contribution in [0.3, 0.4) is 0 Å². The molecule has 0 saturated heterocycles. The van der Waals surface area contributed by atoms with E-state index in [1.165, 1.54) is 0 Å². The number of guanidine groups is 1. The molecule has 0 amide bonds. The zero-order chi connectivity index (χ0) is 14.5. The highest BCUT2D eigenvalue weighted by Crippen LogP contribution is 2.25. The molecule has 0 radical (unpaired) electrons. The summed E-state index contributed by atoms with van der Waals surface area (Å²) < 4.78 is 1.12. The molecule has 0 unspecified atom stereocenters. The Morgan fingerprint density at radius 2 is 1.86 bits per heavy atom. The van der Waals surface area contributed by atoms with Gasteiger partial charge in [-0.3, -0.25) is 5.43 Å². The molecule has 0 spiro atoms. The first kappa shape index (κ1) is 13.5. The first-order valence-electron chi connectivity index (χ1n) is 6.53. The van der Waals surface area contributed by atoms with E-state index in [0.29, 0.717) is 12.5 Å². The molecule has 5 nitrogen and oxygen atoms in total. The van der Waals surface area contributed by atoms with Crippen LogP contribution < -0.4 is 16.6 Å². The Balaban J connectivity index is 1.74. The van der Waals surface area contributed by atoms with E-state index in [2.05, 4.69) is 20.7 Å². The Labute approximate surface area is 126 Å². The SMILES string of the molecule is NNC(=NCc1ccccc1)Nc1nc2ccccc2s1. The van der Waals surface area contributed by atoms with Crippen LogP contribution in [0.25, 0.3) is 10.2 Å². The summed E-state index contributed by atoms with van der Waals surface area (Å²) in [6, 6.07) is 18.0. The van der Waals surface area contributed by atoms with Gasteiger partial charge in [0.1, 0.15) is 0 Å². The van der Waals surface area contributed by atoms with Gasteiger partial charge in [0.15, 0.2) is 5.13 Å². The zero-order valence-corrected chi connectivity index (χ0v) is 12.1. The minimum absolute atomic E-state index is 0.498. The van der Waals surface area contributed by atoms with Gasteiger partial charge in [0.05, 0.1) is 16.8 Å². The number of aliphatic imine (C=N–C) groups is 1. The molecule has 0 atom stereocenters. The van der Waals surface area contributed by atoms with Gasteiger partial charge < -0.3 is 5.32 Å². The van der Waals surface area contributed by atoms with E-state index in [4.69, 9.17) is 5.84 Å². The van der Waals surface area contributed by atoms with Gasteiger partial charge in [-0.05, 0) is 17.7 Å². The monoisotopic (exact) mass is 297 g/mol. The van der Waals surface area contributed by atoms with Gasteiger partial charge in [0.2, 0.25) is 5.96 Å². The van der Waals surface area contributed by atoms with Gasteiger partial charge in [0.25, 0.3) is 0 Å². The summed E-state index contributed by atoms with van der Waals surface area (Å²) in [6.45, 7) is 0.554. The molecule has 6 heteroatoms. The topological polar surface area (TPSA) is 75.3 Å². The third kappa shape index (κ3) is 3.36. The van der Waals surface area contributed by atoms with Gasteiger partial charge in [-0.2, -0.15) is 0 Å². The second-order valence-electron chi connectivity index (χ2n) is 4.41. The van der Waals surface area contributed by atoms with Crippen LogP contribution >= 0.6 is 11.3 Å². The van der Waals surface area contributed by atoms with Gasteiger partial charge in [0, 0.05) is 0 Å². The van der Waals surface area contributed by atoms with Crippen LogP contribution in [0.1, 0.15) is 5.56 Å². The molecule has 4 N–H and O–H groups in total. The Morgan fingerprint density at radius 1 is 1.10 bits per heavy atom. The lowest BCUT2D eigenvalue weighted by Crippen LogP contribution is -2.36. The fourth-order valence-electron chi connectivity index (χ4n) is 1.90. The number of thiazole rings is 1. The molecule has 1 aromatic heterocycles. The number of hydrogen-bond donors (Lipinski definition) is 3. The number of anilines is 1. The van der Waals surface area contributed by atoms with Crippen LogP contribution in [-0.2, 0) is 6.54 Å². The Hall–Kier alpha value is -2.44. The lowest BCUT2D eigenvalue weighted by molar-refractivity contribution is 0.968. The van der Waals surface area contributed by atoms with Crippen molar-refractivity contribution in [1.29, 1.82) is 0 Å². The van der Waals surface area contributed by atoms with Crippen LogP contribution in [0, 0.1) is 0 Å². The number of fused-ring (bicyclic) bond motifs is 1. The van der Waals surface area contributed by atoms with E-state index >= 15 is 0 Å². The van der Waals surface area contributed by atoms with Gasteiger partial charge in [-0.1, -0.05) is 53.8 Å². The molecule has 106 valence electrons. The summed E-state index contributed by atoms with van der Waals surface area (Å²) in [4.78, 5) is 8.90. The summed E-state index contributed by atoms with van der Waals surface area (Å²) >= 11 is 1.56. The number of hydrogen-bond acceptors (Lipinski definition) is 4. The maximum absolute atomic E-state index is 5.51. The third-order valence-electron chi connectivity index (χ3n) is 2.92. The summed E-state index contributed by atoms with van der Waals surface area (Å²) in [7, 11) is 0. The maximum atomic E-state index is 5.51. The summed E-state index contributed by atoms with van der Waals surface area (Å²) in [5.74, 6) is 6.01. The van der Waals surface area contributed by atoms with Crippen LogP contribution in [0.15, 0.2) is 59.6 Å². The molecule has 0 bridgehead atoms. The Kier molecular flexibility index (Phi) is 4.09. The first-order chi connectivity index (χ1) is 10.3. The fraction of sp³-hybridized carbons (Fsp3) is 0.0667. The summed E-state index contributed by atoms with van der Waals surface area (Å²) in [5, 5.41) is 3.87. The summed E-state index contributed by atoms with van der Waals surface area (Å²) in [6.07, 6.45) is 0. The minimum Gasteiger partial charge on any atom is -0.301 e. The van der Waals surface area contributed by atoms with Crippen molar-refractivity contribution in [1.82, 2.24) is 10.4 Å². The highest BCUT2D eigenvalue weighted by molar-refractivity contribution is 7.22. The van der Waals surface area contributed by atoms with Crippen LogP contribution in [0.2, 0.25) is 0 Å². The fourth-order valence-corrected chi connectivity index (χ4v) is 2.77. The average Bonchev–Trinajstić information content (AvgIpc) is 2.94. The molecule has 21 heavy (non-hydrogen) atoms. The molecular formula is C15H15N5S. The molecule has 0 aliphatic heterocycles. The lowest BCUT2D eigenvalue weighted by Gasteiger charge is -2.06. The van der Waals surface area contributed by atoms with Crippen molar-refractivity contribution in [2.45, 2.75) is 6.54 Å². The summed E-state index contributed by atoms with van der Waals surface area (Å²) in [5.41, 5.74) is 4.65. The van der Waals surface area contributed by atoms with Gasteiger partial charge in [-0.25, -0.2) is 15.8 Å². The van der Waals surface area contributed by atoms with Gasteiger partial charge in [-0.15, -0.1) is 0 Å². The van der Waals surface area contributed by atoms with Crippen LogP contribution in [0.4, 0.5) is 5.13 Å². The molecule has 0 fully saturated rings. The predicted octanol–water partition coefficient (Wildman–Crippen LogP) is 2.73. The predicted molar refractivity (Wildman–Crippen MR) is 88.1 cm³/mol. The molecule has 0 aliphatic rings. The van der Waals surface area contributed by atoms with E-state index in [9.17, 15) is 0 Å². The van der Waals surface area contributed by atoms with Gasteiger partial charge >= 0.3 is 0 Å². The quantitative estimate of drug-likeness (QED) is 0.301. The van der Waals surface area contributed by atoms with Crippen molar-refractivity contribution in [2.24, 2.45) is 10.8 Å².